The third kappa shape index (κ3) is 5.53. The Morgan fingerprint density at radius 1 is 0.737 bits per heavy atom. The fourth-order valence-corrected chi connectivity index (χ4v) is 10.8. The molecule has 1 aromatic carbocycles. The van der Waals surface area contributed by atoms with E-state index < -0.39 is 42.8 Å². The fraction of sp³-hybridized carbons (Fsp3) is 0.655. The van der Waals surface area contributed by atoms with Crippen molar-refractivity contribution in [3.63, 3.8) is 0 Å². The lowest BCUT2D eigenvalue weighted by Gasteiger charge is -2.34. The van der Waals surface area contributed by atoms with Gasteiger partial charge in [-0.3, -0.25) is 19.2 Å². The first kappa shape index (κ1) is 29.9. The monoisotopic (exact) mass is 546 g/mol. The van der Waals surface area contributed by atoms with Gasteiger partial charge in [0.05, 0.1) is 36.5 Å². The lowest BCUT2D eigenvalue weighted by molar-refractivity contribution is -0.171. The van der Waals surface area contributed by atoms with E-state index in [1.165, 1.54) is 34.0 Å². The first-order valence-electron chi connectivity index (χ1n) is 13.3. The Morgan fingerprint density at radius 3 is 1.66 bits per heavy atom. The maximum absolute atomic E-state index is 13.2. The highest BCUT2D eigenvalue weighted by molar-refractivity contribution is 6.76. The standard InChI is InChI=1S/C29H42O8Si/c1-19-13-28(24(30)34-2,25(31)35-3)15-22(19)23-16-29(26(32)36-4,27(33)37-5)14-21(23)18-38(6,7)17-20-11-9-8-10-12-20/h8-12,19,21-23H,13-18H2,1-7H3/t19-,21-,22-,23+/m0/s1. The van der Waals surface area contributed by atoms with Crippen LogP contribution < -0.4 is 0 Å². The van der Waals surface area contributed by atoms with Crippen LogP contribution in [0.15, 0.2) is 30.3 Å². The van der Waals surface area contributed by atoms with Gasteiger partial charge in [-0.25, -0.2) is 0 Å². The Kier molecular flexibility index (Phi) is 9.11. The molecule has 3 rings (SSSR count). The predicted molar refractivity (Wildman–Crippen MR) is 143 cm³/mol. The van der Waals surface area contributed by atoms with Crippen LogP contribution in [-0.2, 0) is 44.2 Å². The Morgan fingerprint density at radius 2 is 1.18 bits per heavy atom. The van der Waals surface area contributed by atoms with Gasteiger partial charge in [0.15, 0.2) is 10.8 Å². The van der Waals surface area contributed by atoms with Gasteiger partial charge in [-0.05, 0) is 55.4 Å². The maximum Gasteiger partial charge on any atom is 0.323 e. The zero-order chi connectivity index (χ0) is 28.3. The number of rotatable bonds is 9. The average molecular weight is 547 g/mol. The second-order valence-electron chi connectivity index (χ2n) is 12.0. The molecule has 2 aliphatic carbocycles. The summed E-state index contributed by atoms with van der Waals surface area (Å²) in [6, 6.07) is 12.2. The highest BCUT2D eigenvalue weighted by atomic mass is 28.3. The molecule has 2 fully saturated rings. The number of methoxy groups -OCH3 is 4. The van der Waals surface area contributed by atoms with Crippen LogP contribution in [0, 0.1) is 34.5 Å². The number of carbonyl (C=O) groups excluding carboxylic acids is 4. The largest absolute Gasteiger partial charge is 0.468 e. The third-order valence-electron chi connectivity index (χ3n) is 8.98. The van der Waals surface area contributed by atoms with Crippen LogP contribution in [0.25, 0.3) is 0 Å². The minimum atomic E-state index is -1.86. The van der Waals surface area contributed by atoms with Crippen LogP contribution in [0.3, 0.4) is 0 Å². The molecule has 8 nitrogen and oxygen atoms in total. The van der Waals surface area contributed by atoms with E-state index in [2.05, 4.69) is 25.2 Å². The van der Waals surface area contributed by atoms with Crippen molar-refractivity contribution in [1.82, 2.24) is 0 Å². The summed E-state index contributed by atoms with van der Waals surface area (Å²) in [5.41, 5.74) is -1.52. The number of esters is 4. The normalized spacial score (nSPS) is 25.9. The van der Waals surface area contributed by atoms with E-state index in [9.17, 15) is 19.2 Å². The zero-order valence-corrected chi connectivity index (χ0v) is 24.7. The van der Waals surface area contributed by atoms with E-state index in [0.717, 1.165) is 12.1 Å². The molecule has 0 N–H and O–H groups in total. The molecule has 2 aliphatic rings. The molecule has 0 unspecified atom stereocenters. The van der Waals surface area contributed by atoms with Crippen molar-refractivity contribution in [3.8, 4) is 0 Å². The molecule has 1 aromatic rings. The Bertz CT molecular complexity index is 1000. The smallest absolute Gasteiger partial charge is 0.323 e. The predicted octanol–water partition coefficient (Wildman–Crippen LogP) is 4.21. The first-order chi connectivity index (χ1) is 17.9. The van der Waals surface area contributed by atoms with Gasteiger partial charge in [-0.2, -0.15) is 0 Å². The first-order valence-corrected chi connectivity index (χ1v) is 16.7. The van der Waals surface area contributed by atoms with Gasteiger partial charge in [0, 0.05) is 0 Å². The summed E-state index contributed by atoms with van der Waals surface area (Å²) in [5.74, 6) is -2.53. The van der Waals surface area contributed by atoms with Crippen LogP contribution in [0.5, 0.6) is 0 Å². The molecule has 38 heavy (non-hydrogen) atoms. The van der Waals surface area contributed by atoms with Gasteiger partial charge in [-0.1, -0.05) is 62.0 Å². The number of hydrogen-bond donors (Lipinski definition) is 0. The van der Waals surface area contributed by atoms with Gasteiger partial charge in [0.25, 0.3) is 0 Å². The number of ether oxygens (including phenoxy) is 4. The molecule has 0 radical (unpaired) electrons. The summed E-state index contributed by atoms with van der Waals surface area (Å²) in [5, 5.41) is 0. The summed E-state index contributed by atoms with van der Waals surface area (Å²) in [7, 11) is 3.29. The van der Waals surface area contributed by atoms with Gasteiger partial charge >= 0.3 is 23.9 Å². The fourth-order valence-electron chi connectivity index (χ4n) is 7.48. The molecular weight excluding hydrogens is 504 g/mol. The summed E-state index contributed by atoms with van der Waals surface area (Å²) >= 11 is 0. The number of benzene rings is 1. The van der Waals surface area contributed by atoms with Crippen LogP contribution in [0.1, 0.15) is 38.2 Å². The second kappa shape index (κ2) is 11.6. The third-order valence-corrected chi connectivity index (χ3v) is 12.0. The van der Waals surface area contributed by atoms with E-state index in [1.54, 1.807) is 0 Å². The Hall–Kier alpha value is -2.68. The van der Waals surface area contributed by atoms with Gasteiger partial charge in [0.2, 0.25) is 0 Å². The molecule has 4 atom stereocenters. The minimum Gasteiger partial charge on any atom is -0.468 e. The molecule has 0 saturated heterocycles. The lowest BCUT2D eigenvalue weighted by atomic mass is 9.76. The van der Waals surface area contributed by atoms with Crippen molar-refractivity contribution in [2.75, 3.05) is 28.4 Å². The van der Waals surface area contributed by atoms with Crippen molar-refractivity contribution in [2.45, 2.75) is 57.8 Å². The molecule has 210 valence electrons. The second-order valence-corrected chi connectivity index (χ2v) is 17.1. The quantitative estimate of drug-likeness (QED) is 0.196. The van der Waals surface area contributed by atoms with Crippen molar-refractivity contribution >= 4 is 32.0 Å². The molecule has 0 aliphatic heterocycles. The highest BCUT2D eigenvalue weighted by Gasteiger charge is 2.64. The van der Waals surface area contributed by atoms with E-state index in [0.29, 0.717) is 12.8 Å². The summed E-state index contributed by atoms with van der Waals surface area (Å²) in [6.07, 6.45) is 1.15. The lowest BCUT2D eigenvalue weighted by Crippen LogP contribution is -2.40. The van der Waals surface area contributed by atoms with Crippen molar-refractivity contribution in [2.24, 2.45) is 34.5 Å². The molecule has 0 bridgehead atoms. The average Bonchev–Trinajstić information content (AvgIpc) is 3.45. The summed E-state index contributed by atoms with van der Waals surface area (Å²) in [6.45, 7) is 6.69. The Labute approximate surface area is 226 Å². The topological polar surface area (TPSA) is 105 Å². The molecule has 9 heteroatoms. The van der Waals surface area contributed by atoms with Gasteiger partial charge < -0.3 is 18.9 Å². The minimum absolute atomic E-state index is 0.0225. The van der Waals surface area contributed by atoms with Crippen LogP contribution >= 0.6 is 0 Å². The molecular formula is C29H42O8Si. The van der Waals surface area contributed by atoms with E-state index >= 15 is 0 Å². The number of hydrogen-bond acceptors (Lipinski definition) is 8. The summed E-state index contributed by atoms with van der Waals surface area (Å²) < 4.78 is 20.4. The molecule has 0 heterocycles. The Balaban J connectivity index is 2.01. The molecule has 0 spiro atoms. The molecule has 2 saturated carbocycles. The van der Waals surface area contributed by atoms with Crippen molar-refractivity contribution in [3.05, 3.63) is 35.9 Å². The number of carbonyl (C=O) groups is 4. The van der Waals surface area contributed by atoms with Crippen LogP contribution in [-0.4, -0.2) is 60.4 Å². The summed E-state index contributed by atoms with van der Waals surface area (Å²) in [4.78, 5) is 52.2. The maximum atomic E-state index is 13.2. The van der Waals surface area contributed by atoms with E-state index in [4.69, 9.17) is 18.9 Å². The highest BCUT2D eigenvalue weighted by Crippen LogP contribution is 2.59. The van der Waals surface area contributed by atoms with Crippen LogP contribution in [0.2, 0.25) is 19.1 Å². The van der Waals surface area contributed by atoms with Crippen LogP contribution in [0.4, 0.5) is 0 Å². The van der Waals surface area contributed by atoms with E-state index in [-0.39, 0.29) is 36.5 Å². The van der Waals surface area contributed by atoms with Gasteiger partial charge in [0.1, 0.15) is 0 Å². The zero-order valence-electron chi connectivity index (χ0n) is 23.7. The SMILES string of the molecule is COC(=O)C1(C(=O)OC)C[C@@H](C[Si](C)(C)Cc2ccccc2)[C@H]([C@H]2CC(C(=O)OC)(C(=O)OC)C[C@@H]2C)C1. The molecule has 0 aromatic heterocycles. The van der Waals surface area contributed by atoms with Gasteiger partial charge in [-0.15, -0.1) is 0 Å². The van der Waals surface area contributed by atoms with E-state index in [1.807, 2.05) is 25.1 Å². The van der Waals surface area contributed by atoms with Crippen molar-refractivity contribution in [1.29, 1.82) is 0 Å². The van der Waals surface area contributed by atoms with Crippen molar-refractivity contribution < 1.29 is 38.1 Å². The molecule has 0 amide bonds.